The Balaban J connectivity index is 2.94. The minimum absolute atomic E-state index is 0.0253. The van der Waals surface area contributed by atoms with Crippen molar-refractivity contribution in [2.45, 2.75) is 19.7 Å². The second-order valence-electron chi connectivity index (χ2n) is 5.78. The maximum absolute atomic E-state index is 12.9. The average molecular weight is 452 g/mol. The second-order valence-corrected chi connectivity index (χ2v) is 7.87. The summed E-state index contributed by atoms with van der Waals surface area (Å²) in [5, 5.41) is 10.6. The fraction of sp³-hybridized carbons (Fsp3) is 0.684. The molecule has 0 spiro atoms. The highest BCUT2D eigenvalue weighted by Crippen LogP contribution is 2.60. The van der Waals surface area contributed by atoms with Crippen molar-refractivity contribution in [2.24, 2.45) is 0 Å². The molecule has 1 aromatic carbocycles. The van der Waals surface area contributed by atoms with E-state index in [9.17, 15) is 9.67 Å². The Labute approximate surface area is 177 Å². The molecule has 11 heteroatoms. The van der Waals surface area contributed by atoms with Gasteiger partial charge < -0.3 is 42.6 Å². The first-order valence-electron chi connectivity index (χ1n) is 9.62. The summed E-state index contributed by atoms with van der Waals surface area (Å²) in [7, 11) is -0.623. The van der Waals surface area contributed by atoms with Crippen LogP contribution in [0.3, 0.4) is 0 Å². The van der Waals surface area contributed by atoms with Crippen LogP contribution in [0.25, 0.3) is 0 Å². The molecule has 0 saturated carbocycles. The number of aliphatic hydroxyl groups is 1. The van der Waals surface area contributed by atoms with Gasteiger partial charge in [-0.2, -0.15) is 0 Å². The van der Waals surface area contributed by atoms with Gasteiger partial charge in [0.25, 0.3) is 0 Å². The molecule has 1 N–H and O–H groups in total. The van der Waals surface area contributed by atoms with E-state index in [0.29, 0.717) is 37.7 Å². The van der Waals surface area contributed by atoms with Crippen molar-refractivity contribution < 1.29 is 47.1 Å². The summed E-state index contributed by atoms with van der Waals surface area (Å²) in [6, 6.07) is 4.63. The minimum atomic E-state index is -3.77. The zero-order chi connectivity index (χ0) is 22.2. The molecule has 0 aliphatic rings. The number of methoxy groups -OCH3 is 2. The van der Waals surface area contributed by atoms with Gasteiger partial charge in [-0.15, -0.1) is 0 Å². The Morgan fingerprint density at radius 3 is 1.90 bits per heavy atom. The van der Waals surface area contributed by atoms with E-state index in [1.54, 1.807) is 40.2 Å². The Morgan fingerprint density at radius 2 is 1.40 bits per heavy atom. The van der Waals surface area contributed by atoms with Gasteiger partial charge in [0.05, 0.1) is 39.6 Å². The second kappa shape index (κ2) is 15.6. The van der Waals surface area contributed by atoms with Crippen LogP contribution in [-0.2, 0) is 32.6 Å². The number of ether oxygens (including phenoxy) is 6. The first-order chi connectivity index (χ1) is 14.5. The molecule has 1 aromatic rings. The van der Waals surface area contributed by atoms with Crippen molar-refractivity contribution in [3.05, 3.63) is 23.8 Å². The van der Waals surface area contributed by atoms with Gasteiger partial charge in [-0.25, -0.2) is 0 Å². The third-order valence-corrected chi connectivity index (χ3v) is 5.78. The largest absolute Gasteiger partial charge is 0.464 e. The zero-order valence-corrected chi connectivity index (χ0v) is 18.9. The van der Waals surface area contributed by atoms with Crippen molar-refractivity contribution in [2.75, 3.05) is 67.4 Å². The van der Waals surface area contributed by atoms with Crippen LogP contribution in [0.5, 0.6) is 11.5 Å². The molecule has 0 fully saturated rings. The molecular formula is C19H33O10P. The Morgan fingerprint density at radius 1 is 0.867 bits per heavy atom. The lowest BCUT2D eigenvalue weighted by atomic mass is 10.2. The summed E-state index contributed by atoms with van der Waals surface area (Å²) in [6.45, 7) is 5.08. The molecular weight excluding hydrogens is 419 g/mol. The Bertz CT molecular complexity index is 617. The molecule has 0 aromatic heterocycles. The highest BCUT2D eigenvalue weighted by molar-refractivity contribution is 7.54. The van der Waals surface area contributed by atoms with Gasteiger partial charge in [0.1, 0.15) is 0 Å². The number of aliphatic hydroxyl groups excluding tert-OH is 1. The molecule has 10 nitrogen and oxygen atoms in total. The summed E-state index contributed by atoms with van der Waals surface area (Å²) in [5.41, 5.74) is 0.291. The van der Waals surface area contributed by atoms with E-state index >= 15 is 0 Å². The van der Waals surface area contributed by atoms with Crippen molar-refractivity contribution in [1.29, 1.82) is 0 Å². The summed E-state index contributed by atoms with van der Waals surface area (Å²) >= 11 is 0. The van der Waals surface area contributed by atoms with E-state index < -0.39 is 13.4 Å². The van der Waals surface area contributed by atoms with E-state index in [1.165, 1.54) is 6.07 Å². The fourth-order valence-electron chi connectivity index (χ4n) is 2.25. The van der Waals surface area contributed by atoms with Gasteiger partial charge in [-0.05, 0) is 31.5 Å². The minimum Gasteiger partial charge on any atom is -0.464 e. The first kappa shape index (κ1) is 26.8. The highest BCUT2D eigenvalue weighted by Gasteiger charge is 2.35. The van der Waals surface area contributed by atoms with Crippen LogP contribution in [0.1, 0.15) is 25.3 Å². The first-order valence-corrected chi connectivity index (χ1v) is 11.2. The predicted octanol–water partition coefficient (Wildman–Crippen LogP) is 2.94. The molecule has 174 valence electrons. The topological polar surface area (TPSA) is 111 Å². The van der Waals surface area contributed by atoms with Crippen LogP contribution in [0.15, 0.2) is 18.2 Å². The number of hydrogen-bond donors (Lipinski definition) is 1. The Hall–Kier alpha value is -1.23. The van der Waals surface area contributed by atoms with Crippen LogP contribution in [0.4, 0.5) is 0 Å². The van der Waals surface area contributed by atoms with Crippen molar-refractivity contribution in [1.82, 2.24) is 0 Å². The molecule has 0 heterocycles. The lowest BCUT2D eigenvalue weighted by molar-refractivity contribution is -0.0208. The monoisotopic (exact) mass is 452 g/mol. The van der Waals surface area contributed by atoms with Gasteiger partial charge >= 0.3 is 7.60 Å². The quantitative estimate of drug-likeness (QED) is 0.203. The SMILES string of the molecule is CCOP(=O)(OCC)C(O)c1ccc(OCOCCOC)c(OCOCCOC)c1. The Kier molecular flexibility index (Phi) is 13.9. The van der Waals surface area contributed by atoms with Crippen LogP contribution in [0.2, 0.25) is 0 Å². The van der Waals surface area contributed by atoms with Gasteiger partial charge in [0.2, 0.25) is 0 Å². The molecule has 30 heavy (non-hydrogen) atoms. The maximum atomic E-state index is 12.9. The van der Waals surface area contributed by atoms with Crippen LogP contribution in [-0.4, -0.2) is 72.6 Å². The van der Waals surface area contributed by atoms with Gasteiger partial charge in [0, 0.05) is 14.2 Å². The van der Waals surface area contributed by atoms with E-state index in [1.807, 2.05) is 0 Å². The molecule has 1 atom stereocenters. The maximum Gasteiger partial charge on any atom is 0.363 e. The highest BCUT2D eigenvalue weighted by atomic mass is 31.2. The molecule has 0 aliphatic carbocycles. The van der Waals surface area contributed by atoms with Crippen molar-refractivity contribution in [3.8, 4) is 11.5 Å². The summed E-state index contributed by atoms with van der Waals surface area (Å²) < 4.78 is 55.0. The van der Waals surface area contributed by atoms with Crippen LogP contribution < -0.4 is 9.47 Å². The lowest BCUT2D eigenvalue weighted by Gasteiger charge is -2.23. The molecule has 1 rings (SSSR count). The van der Waals surface area contributed by atoms with Crippen LogP contribution >= 0.6 is 7.60 Å². The van der Waals surface area contributed by atoms with E-state index in [2.05, 4.69) is 0 Å². The van der Waals surface area contributed by atoms with E-state index in [0.717, 1.165) is 0 Å². The summed E-state index contributed by atoms with van der Waals surface area (Å²) in [4.78, 5) is 0. The summed E-state index contributed by atoms with van der Waals surface area (Å²) in [5.74, 6) is -0.846. The molecule has 0 bridgehead atoms. The van der Waals surface area contributed by atoms with Gasteiger partial charge in [0.15, 0.2) is 30.9 Å². The standard InChI is InChI=1S/C19H33O10P/c1-5-28-30(21,29-6-2)19(20)16-7-8-17(26-14-24-11-9-22-3)18(13-16)27-15-25-12-10-23-4/h7-8,13,19-20H,5-6,9-12,14-15H2,1-4H3. The average Bonchev–Trinajstić information content (AvgIpc) is 2.74. The van der Waals surface area contributed by atoms with Crippen molar-refractivity contribution >= 4 is 7.60 Å². The number of benzene rings is 1. The van der Waals surface area contributed by atoms with E-state index in [4.69, 9.17) is 37.5 Å². The normalized spacial score (nSPS) is 12.7. The van der Waals surface area contributed by atoms with E-state index in [-0.39, 0.29) is 32.5 Å². The smallest absolute Gasteiger partial charge is 0.363 e. The van der Waals surface area contributed by atoms with Crippen LogP contribution in [0, 0.1) is 0 Å². The molecule has 0 amide bonds. The molecule has 0 aliphatic heterocycles. The summed E-state index contributed by atoms with van der Waals surface area (Å²) in [6.07, 6.45) is 0. The number of hydrogen-bond acceptors (Lipinski definition) is 10. The molecule has 1 unspecified atom stereocenters. The van der Waals surface area contributed by atoms with Gasteiger partial charge in [-0.3, -0.25) is 4.57 Å². The third kappa shape index (κ3) is 9.28. The lowest BCUT2D eigenvalue weighted by Crippen LogP contribution is -2.11. The van der Waals surface area contributed by atoms with Crippen molar-refractivity contribution in [3.63, 3.8) is 0 Å². The third-order valence-electron chi connectivity index (χ3n) is 3.64. The predicted molar refractivity (Wildman–Crippen MR) is 109 cm³/mol. The van der Waals surface area contributed by atoms with Gasteiger partial charge in [-0.1, -0.05) is 6.07 Å². The molecule has 0 saturated heterocycles. The fourth-order valence-corrected chi connectivity index (χ4v) is 3.85. The zero-order valence-electron chi connectivity index (χ0n) is 18.0. The molecule has 0 radical (unpaired) electrons. The number of rotatable bonds is 18.